The van der Waals surface area contributed by atoms with E-state index in [2.05, 4.69) is 0 Å². The molecule has 0 aliphatic heterocycles. The molecular formula is C15H14O3. The Morgan fingerprint density at radius 2 is 2.06 bits per heavy atom. The van der Waals surface area contributed by atoms with E-state index in [0.29, 0.717) is 18.3 Å². The molecule has 3 nitrogen and oxygen atoms in total. The number of carbonyl (C=O) groups excluding carboxylic acids is 2. The van der Waals surface area contributed by atoms with Gasteiger partial charge in [0.2, 0.25) is 0 Å². The fourth-order valence-corrected chi connectivity index (χ4v) is 2.18. The van der Waals surface area contributed by atoms with Gasteiger partial charge in [-0.1, -0.05) is 48.6 Å². The highest BCUT2D eigenvalue weighted by Crippen LogP contribution is 2.40. The van der Waals surface area contributed by atoms with Crippen molar-refractivity contribution in [3.8, 4) is 0 Å². The van der Waals surface area contributed by atoms with Crippen molar-refractivity contribution >= 4 is 17.8 Å². The first-order chi connectivity index (χ1) is 8.74. The molecule has 0 saturated heterocycles. The molecule has 2 rings (SSSR count). The summed E-state index contributed by atoms with van der Waals surface area (Å²) in [7, 11) is 1.30. The number of esters is 1. The minimum Gasteiger partial charge on any atom is -0.468 e. The third-order valence-corrected chi connectivity index (χ3v) is 3.16. The quantitative estimate of drug-likeness (QED) is 0.464. The normalized spacial score (nSPS) is 22.2. The second kappa shape index (κ2) is 5.00. The van der Waals surface area contributed by atoms with E-state index < -0.39 is 11.4 Å². The first-order valence-corrected chi connectivity index (χ1v) is 5.72. The molecule has 1 aliphatic carbocycles. The van der Waals surface area contributed by atoms with Gasteiger partial charge in [-0.05, 0) is 17.6 Å². The highest BCUT2D eigenvalue weighted by Gasteiger charge is 2.43. The summed E-state index contributed by atoms with van der Waals surface area (Å²) in [4.78, 5) is 23.5. The predicted molar refractivity (Wildman–Crippen MR) is 68.7 cm³/mol. The molecule has 18 heavy (non-hydrogen) atoms. The number of methoxy groups -OCH3 is 1. The van der Waals surface area contributed by atoms with Crippen LogP contribution in [-0.4, -0.2) is 19.4 Å². The number of rotatable bonds is 3. The molecule has 0 saturated carbocycles. The van der Waals surface area contributed by atoms with E-state index in [4.69, 9.17) is 4.74 Å². The van der Waals surface area contributed by atoms with Crippen LogP contribution in [0.3, 0.4) is 0 Å². The van der Waals surface area contributed by atoms with Gasteiger partial charge in [-0.2, -0.15) is 0 Å². The molecule has 0 aromatic heterocycles. The van der Waals surface area contributed by atoms with Crippen LogP contribution in [0.4, 0.5) is 0 Å². The van der Waals surface area contributed by atoms with Crippen LogP contribution in [0.5, 0.6) is 0 Å². The largest absolute Gasteiger partial charge is 0.468 e. The third-order valence-electron chi connectivity index (χ3n) is 3.16. The van der Waals surface area contributed by atoms with Gasteiger partial charge in [0.1, 0.15) is 6.29 Å². The van der Waals surface area contributed by atoms with Crippen LogP contribution in [0.2, 0.25) is 0 Å². The molecule has 0 spiro atoms. The van der Waals surface area contributed by atoms with Gasteiger partial charge in [-0.15, -0.1) is 0 Å². The van der Waals surface area contributed by atoms with E-state index in [9.17, 15) is 9.59 Å². The number of ether oxygens (including phenoxy) is 1. The molecule has 0 fully saturated rings. The zero-order valence-corrected chi connectivity index (χ0v) is 10.1. The van der Waals surface area contributed by atoms with Crippen LogP contribution in [0, 0.1) is 5.41 Å². The van der Waals surface area contributed by atoms with Crippen LogP contribution in [0.1, 0.15) is 12.0 Å². The summed E-state index contributed by atoms with van der Waals surface area (Å²) < 4.78 is 4.79. The maximum Gasteiger partial charge on any atom is 0.323 e. The Labute approximate surface area is 106 Å². The molecule has 0 N–H and O–H groups in total. The van der Waals surface area contributed by atoms with E-state index in [1.165, 1.54) is 7.11 Å². The van der Waals surface area contributed by atoms with Gasteiger partial charge in [0.05, 0.1) is 7.11 Å². The number of hydrogen-bond acceptors (Lipinski definition) is 3. The third kappa shape index (κ3) is 1.88. The fourth-order valence-electron chi connectivity index (χ4n) is 2.18. The van der Waals surface area contributed by atoms with Crippen molar-refractivity contribution in [2.24, 2.45) is 5.41 Å². The van der Waals surface area contributed by atoms with Gasteiger partial charge in [0, 0.05) is 0 Å². The average Bonchev–Trinajstić information content (AvgIpc) is 2.47. The number of aldehydes is 1. The Hall–Kier alpha value is -2.16. The summed E-state index contributed by atoms with van der Waals surface area (Å²) in [5, 5.41) is 0. The lowest BCUT2D eigenvalue weighted by molar-refractivity contribution is -0.150. The van der Waals surface area contributed by atoms with Crippen molar-refractivity contribution in [1.29, 1.82) is 0 Å². The van der Waals surface area contributed by atoms with Gasteiger partial charge in [-0.3, -0.25) is 4.79 Å². The topological polar surface area (TPSA) is 43.4 Å². The molecular weight excluding hydrogens is 228 g/mol. The molecule has 0 bridgehead atoms. The van der Waals surface area contributed by atoms with Crippen molar-refractivity contribution in [3.05, 3.63) is 54.1 Å². The van der Waals surface area contributed by atoms with Gasteiger partial charge in [-0.25, -0.2) is 0 Å². The van der Waals surface area contributed by atoms with Crippen LogP contribution >= 0.6 is 0 Å². The molecule has 1 aromatic carbocycles. The molecule has 1 atom stereocenters. The number of allylic oxidation sites excluding steroid dienone is 3. The zero-order valence-electron chi connectivity index (χ0n) is 10.1. The van der Waals surface area contributed by atoms with Crippen LogP contribution in [0.15, 0.2) is 48.6 Å². The first-order valence-electron chi connectivity index (χ1n) is 5.72. The first kappa shape index (κ1) is 12.3. The molecule has 0 amide bonds. The fraction of sp³-hybridized carbons (Fsp3) is 0.200. The number of carbonyl (C=O) groups is 2. The van der Waals surface area contributed by atoms with E-state index in [1.54, 1.807) is 12.2 Å². The van der Waals surface area contributed by atoms with Crippen molar-refractivity contribution in [2.45, 2.75) is 6.42 Å². The maximum absolute atomic E-state index is 12.0. The zero-order chi connectivity index (χ0) is 13.0. The standard InChI is InChI=1S/C15H14O3/c1-18-14(17)15(11-16)10-6-5-9-13(15)12-7-3-2-4-8-12/h2-9,11H,10H2,1H3. The molecule has 3 heteroatoms. The molecule has 0 radical (unpaired) electrons. The smallest absolute Gasteiger partial charge is 0.323 e. The average molecular weight is 242 g/mol. The molecule has 1 aliphatic rings. The Balaban J connectivity index is 2.54. The summed E-state index contributed by atoms with van der Waals surface area (Å²) in [6, 6.07) is 9.41. The minimum absolute atomic E-state index is 0.337. The number of hydrogen-bond donors (Lipinski definition) is 0. The Morgan fingerprint density at radius 1 is 1.33 bits per heavy atom. The molecule has 0 heterocycles. The van der Waals surface area contributed by atoms with Crippen molar-refractivity contribution in [2.75, 3.05) is 7.11 Å². The second-order valence-corrected chi connectivity index (χ2v) is 4.16. The van der Waals surface area contributed by atoms with Crippen molar-refractivity contribution in [3.63, 3.8) is 0 Å². The Kier molecular flexibility index (Phi) is 3.42. The van der Waals surface area contributed by atoms with E-state index in [0.717, 1.165) is 5.56 Å². The minimum atomic E-state index is -1.22. The van der Waals surface area contributed by atoms with E-state index >= 15 is 0 Å². The molecule has 92 valence electrons. The van der Waals surface area contributed by atoms with Crippen LogP contribution in [-0.2, 0) is 14.3 Å². The predicted octanol–water partition coefficient (Wildman–Crippen LogP) is 2.39. The van der Waals surface area contributed by atoms with Crippen LogP contribution < -0.4 is 0 Å². The Morgan fingerprint density at radius 3 is 2.67 bits per heavy atom. The van der Waals surface area contributed by atoms with Gasteiger partial charge in [0.15, 0.2) is 5.41 Å². The highest BCUT2D eigenvalue weighted by molar-refractivity contribution is 6.08. The van der Waals surface area contributed by atoms with Gasteiger partial charge < -0.3 is 9.53 Å². The summed E-state index contributed by atoms with van der Waals surface area (Å²) in [6.45, 7) is 0. The summed E-state index contributed by atoms with van der Waals surface area (Å²) in [5.41, 5.74) is 0.331. The van der Waals surface area contributed by atoms with Crippen molar-refractivity contribution < 1.29 is 14.3 Å². The van der Waals surface area contributed by atoms with E-state index in [1.807, 2.05) is 36.4 Å². The second-order valence-electron chi connectivity index (χ2n) is 4.16. The van der Waals surface area contributed by atoms with E-state index in [-0.39, 0.29) is 0 Å². The monoisotopic (exact) mass is 242 g/mol. The lowest BCUT2D eigenvalue weighted by Gasteiger charge is -2.29. The van der Waals surface area contributed by atoms with Gasteiger partial charge >= 0.3 is 5.97 Å². The van der Waals surface area contributed by atoms with Crippen LogP contribution in [0.25, 0.3) is 5.57 Å². The summed E-state index contributed by atoms with van der Waals surface area (Å²) in [5.74, 6) is -0.517. The number of benzene rings is 1. The molecule has 1 unspecified atom stereocenters. The highest BCUT2D eigenvalue weighted by atomic mass is 16.5. The summed E-state index contributed by atoms with van der Waals surface area (Å²) in [6.07, 6.45) is 6.47. The molecule has 1 aromatic rings. The van der Waals surface area contributed by atoms with Crippen molar-refractivity contribution in [1.82, 2.24) is 0 Å². The SMILES string of the molecule is COC(=O)C1(C=O)CC=CC=C1c1ccccc1. The lowest BCUT2D eigenvalue weighted by Crippen LogP contribution is -2.35. The summed E-state index contributed by atoms with van der Waals surface area (Å²) >= 11 is 0. The Bertz CT molecular complexity index is 514. The van der Waals surface area contributed by atoms with Gasteiger partial charge in [0.25, 0.3) is 0 Å². The lowest BCUT2D eigenvalue weighted by atomic mass is 9.73. The maximum atomic E-state index is 12.0.